The minimum atomic E-state index is -3.33. The number of rotatable bonds is 7. The first-order valence-electron chi connectivity index (χ1n) is 7.79. The SMILES string of the molecule is CCOC(=O)Cc1c(C#N)ccc(NCC(F)(F)c2ccccn2)c1F. The van der Waals surface area contributed by atoms with Crippen molar-refractivity contribution in [2.24, 2.45) is 0 Å². The van der Waals surface area contributed by atoms with Crippen LogP contribution in [0.1, 0.15) is 23.7 Å². The van der Waals surface area contributed by atoms with Crippen LogP contribution < -0.4 is 5.32 Å². The molecule has 136 valence electrons. The van der Waals surface area contributed by atoms with Crippen molar-refractivity contribution in [3.8, 4) is 6.07 Å². The highest BCUT2D eigenvalue weighted by atomic mass is 19.3. The molecule has 5 nitrogen and oxygen atoms in total. The van der Waals surface area contributed by atoms with Gasteiger partial charge in [-0.1, -0.05) is 6.07 Å². The van der Waals surface area contributed by atoms with Gasteiger partial charge in [-0.3, -0.25) is 9.78 Å². The van der Waals surface area contributed by atoms with Gasteiger partial charge in [0.15, 0.2) is 5.82 Å². The third-order valence-corrected chi connectivity index (χ3v) is 3.53. The van der Waals surface area contributed by atoms with E-state index in [4.69, 9.17) is 10.00 Å². The number of ether oxygens (including phenoxy) is 1. The van der Waals surface area contributed by atoms with E-state index in [1.165, 1.54) is 36.5 Å². The number of aromatic nitrogens is 1. The number of anilines is 1. The van der Waals surface area contributed by atoms with Gasteiger partial charge in [-0.25, -0.2) is 4.39 Å². The van der Waals surface area contributed by atoms with Gasteiger partial charge in [-0.2, -0.15) is 14.0 Å². The summed E-state index contributed by atoms with van der Waals surface area (Å²) in [5.74, 6) is -4.98. The molecule has 2 aromatic rings. The summed E-state index contributed by atoms with van der Waals surface area (Å²) < 4.78 is 47.7. The Morgan fingerprint density at radius 2 is 2.12 bits per heavy atom. The third-order valence-electron chi connectivity index (χ3n) is 3.53. The maximum absolute atomic E-state index is 14.6. The quantitative estimate of drug-likeness (QED) is 0.763. The predicted octanol–water partition coefficient (Wildman–Crippen LogP) is 3.40. The number of hydrogen-bond donors (Lipinski definition) is 1. The maximum Gasteiger partial charge on any atom is 0.310 e. The van der Waals surface area contributed by atoms with E-state index >= 15 is 0 Å². The molecule has 1 aromatic heterocycles. The molecule has 0 fully saturated rings. The van der Waals surface area contributed by atoms with E-state index in [0.717, 1.165) is 0 Å². The van der Waals surface area contributed by atoms with Crippen LogP contribution in [0.3, 0.4) is 0 Å². The van der Waals surface area contributed by atoms with Crippen LogP contribution in [0.15, 0.2) is 36.5 Å². The lowest BCUT2D eigenvalue weighted by Crippen LogP contribution is -2.26. The fourth-order valence-corrected chi connectivity index (χ4v) is 2.27. The lowest BCUT2D eigenvalue weighted by molar-refractivity contribution is -0.142. The first-order chi connectivity index (χ1) is 12.4. The zero-order valence-corrected chi connectivity index (χ0v) is 13.9. The molecule has 0 unspecified atom stereocenters. The minimum absolute atomic E-state index is 0.0578. The first-order valence-corrected chi connectivity index (χ1v) is 7.79. The Bertz CT molecular complexity index is 820. The molecular weight excluding hydrogens is 347 g/mol. The first kappa shape index (κ1) is 19.2. The van der Waals surface area contributed by atoms with Gasteiger partial charge in [0.2, 0.25) is 0 Å². The second-order valence-electron chi connectivity index (χ2n) is 5.32. The van der Waals surface area contributed by atoms with Gasteiger partial charge in [0.25, 0.3) is 0 Å². The van der Waals surface area contributed by atoms with E-state index in [9.17, 15) is 18.0 Å². The molecule has 0 saturated heterocycles. The van der Waals surface area contributed by atoms with Crippen molar-refractivity contribution in [1.29, 1.82) is 5.26 Å². The van der Waals surface area contributed by atoms with Crippen molar-refractivity contribution < 1.29 is 22.7 Å². The van der Waals surface area contributed by atoms with Crippen molar-refractivity contribution in [3.05, 3.63) is 59.2 Å². The summed E-state index contributed by atoms with van der Waals surface area (Å²) in [6.07, 6.45) is 0.776. The lowest BCUT2D eigenvalue weighted by Gasteiger charge is -2.18. The summed E-state index contributed by atoms with van der Waals surface area (Å²) in [4.78, 5) is 15.2. The van der Waals surface area contributed by atoms with E-state index in [0.29, 0.717) is 0 Å². The Kier molecular flexibility index (Phi) is 6.17. The predicted molar refractivity (Wildman–Crippen MR) is 88.1 cm³/mol. The molecule has 0 aliphatic carbocycles. The second-order valence-corrected chi connectivity index (χ2v) is 5.32. The van der Waals surface area contributed by atoms with Crippen molar-refractivity contribution in [2.75, 3.05) is 18.5 Å². The average molecular weight is 363 g/mol. The van der Waals surface area contributed by atoms with Crippen molar-refractivity contribution in [3.63, 3.8) is 0 Å². The third kappa shape index (κ3) is 4.51. The number of carbonyl (C=O) groups excluding carboxylic acids is 1. The molecule has 1 N–H and O–H groups in total. The number of alkyl halides is 2. The molecule has 0 saturated carbocycles. The van der Waals surface area contributed by atoms with Crippen molar-refractivity contribution in [2.45, 2.75) is 19.3 Å². The Labute approximate surface area is 148 Å². The van der Waals surface area contributed by atoms with Crippen LogP contribution in [0.4, 0.5) is 18.9 Å². The number of esters is 1. The number of hydrogen-bond acceptors (Lipinski definition) is 5. The largest absolute Gasteiger partial charge is 0.466 e. The summed E-state index contributed by atoms with van der Waals surface area (Å²) >= 11 is 0. The molecule has 0 aliphatic heterocycles. The number of pyridine rings is 1. The van der Waals surface area contributed by atoms with Crippen LogP contribution in [0.5, 0.6) is 0 Å². The van der Waals surface area contributed by atoms with Crippen molar-refractivity contribution >= 4 is 11.7 Å². The molecule has 8 heteroatoms. The van der Waals surface area contributed by atoms with E-state index in [1.807, 2.05) is 0 Å². The zero-order chi connectivity index (χ0) is 19.2. The number of nitrogens with one attached hydrogen (secondary N) is 1. The molecule has 0 radical (unpaired) electrons. The summed E-state index contributed by atoms with van der Waals surface area (Å²) in [6.45, 7) is 0.805. The molecule has 0 spiro atoms. The summed E-state index contributed by atoms with van der Waals surface area (Å²) in [5.41, 5.74) is -0.943. The molecule has 0 aliphatic rings. The van der Waals surface area contributed by atoms with E-state index in [-0.39, 0.29) is 23.4 Å². The topological polar surface area (TPSA) is 75.0 Å². The molecule has 0 bridgehead atoms. The molecule has 1 aromatic carbocycles. The zero-order valence-electron chi connectivity index (χ0n) is 13.9. The normalized spacial score (nSPS) is 10.9. The number of halogens is 3. The van der Waals surface area contributed by atoms with Crippen LogP contribution >= 0.6 is 0 Å². The van der Waals surface area contributed by atoms with E-state index < -0.39 is 36.4 Å². The highest BCUT2D eigenvalue weighted by Gasteiger charge is 2.33. The number of benzene rings is 1. The smallest absolute Gasteiger partial charge is 0.310 e. The number of carbonyl (C=O) groups is 1. The van der Waals surface area contributed by atoms with Gasteiger partial charge < -0.3 is 10.1 Å². The number of nitrogens with zero attached hydrogens (tertiary/aromatic N) is 2. The van der Waals surface area contributed by atoms with Gasteiger partial charge in [0, 0.05) is 11.8 Å². The summed E-state index contributed by atoms with van der Waals surface area (Å²) in [6, 6.07) is 8.32. The van der Waals surface area contributed by atoms with E-state index in [2.05, 4.69) is 10.3 Å². The van der Waals surface area contributed by atoms with E-state index in [1.54, 1.807) is 13.0 Å². The Morgan fingerprint density at radius 1 is 1.35 bits per heavy atom. The highest BCUT2D eigenvalue weighted by molar-refractivity contribution is 5.74. The molecule has 2 rings (SSSR count). The van der Waals surface area contributed by atoms with Gasteiger partial charge in [-0.15, -0.1) is 0 Å². The van der Waals surface area contributed by atoms with Crippen LogP contribution in [0, 0.1) is 17.1 Å². The summed E-state index contributed by atoms with van der Waals surface area (Å²) in [5, 5.41) is 11.4. The van der Waals surface area contributed by atoms with Gasteiger partial charge in [-0.05, 0) is 31.2 Å². The lowest BCUT2D eigenvalue weighted by atomic mass is 10.0. The molecule has 26 heavy (non-hydrogen) atoms. The van der Waals surface area contributed by atoms with Crippen LogP contribution in [0.2, 0.25) is 0 Å². The molecule has 0 amide bonds. The average Bonchev–Trinajstić information content (AvgIpc) is 2.63. The van der Waals surface area contributed by atoms with Crippen LogP contribution in [-0.4, -0.2) is 24.1 Å². The molecular formula is C18H16F3N3O2. The van der Waals surface area contributed by atoms with Gasteiger partial charge >= 0.3 is 11.9 Å². The number of nitriles is 1. The van der Waals surface area contributed by atoms with Gasteiger partial charge in [0.05, 0.1) is 36.9 Å². The Hall–Kier alpha value is -3.08. The highest BCUT2D eigenvalue weighted by Crippen LogP contribution is 2.28. The van der Waals surface area contributed by atoms with Crippen LogP contribution in [0.25, 0.3) is 0 Å². The molecule has 1 heterocycles. The maximum atomic E-state index is 14.6. The fraction of sp³-hybridized carbons (Fsp3) is 0.278. The Balaban J connectivity index is 2.22. The van der Waals surface area contributed by atoms with Crippen molar-refractivity contribution in [1.82, 2.24) is 4.98 Å². The monoisotopic (exact) mass is 363 g/mol. The van der Waals surface area contributed by atoms with Crippen LogP contribution in [-0.2, 0) is 21.9 Å². The standard InChI is InChI=1S/C18H16F3N3O2/c1-2-26-16(25)9-13-12(10-22)6-7-14(17(13)19)24-11-18(20,21)15-5-3-4-8-23-15/h3-8,24H,2,9,11H2,1H3. The fourth-order valence-electron chi connectivity index (χ4n) is 2.27. The van der Waals surface area contributed by atoms with Gasteiger partial charge in [0.1, 0.15) is 5.69 Å². The minimum Gasteiger partial charge on any atom is -0.466 e. The summed E-state index contributed by atoms with van der Waals surface area (Å²) in [7, 11) is 0. The molecule has 0 atom stereocenters. The Morgan fingerprint density at radius 3 is 2.73 bits per heavy atom. The second kappa shape index (κ2) is 8.34.